The first-order chi connectivity index (χ1) is 10.1. The number of rotatable bonds is 7. The normalized spacial score (nSPS) is 11.4. The third-order valence-electron chi connectivity index (χ3n) is 3.08. The smallest absolute Gasteiger partial charge is 0.285 e. The molecule has 0 amide bonds. The largest absolute Gasteiger partial charge is 0.494 e. The minimum absolute atomic E-state index is 0.0283. The lowest BCUT2D eigenvalue weighted by Gasteiger charge is -2.17. The molecule has 2 rings (SSSR count). The van der Waals surface area contributed by atoms with Crippen molar-refractivity contribution in [2.75, 3.05) is 13.2 Å². The van der Waals surface area contributed by atoms with Gasteiger partial charge in [-0.1, -0.05) is 42.5 Å². The first-order valence-electron chi connectivity index (χ1n) is 6.97. The summed E-state index contributed by atoms with van der Waals surface area (Å²) < 4.78 is 33.3. The van der Waals surface area contributed by atoms with Crippen LogP contribution in [0.1, 0.15) is 18.1 Å². The van der Waals surface area contributed by atoms with Crippen molar-refractivity contribution in [3.63, 3.8) is 0 Å². The van der Waals surface area contributed by atoms with Crippen molar-refractivity contribution in [1.29, 1.82) is 0 Å². The second-order valence-corrected chi connectivity index (χ2v) is 4.75. The molecule has 0 atom stereocenters. The van der Waals surface area contributed by atoms with Crippen molar-refractivity contribution in [3.05, 3.63) is 65.7 Å². The van der Waals surface area contributed by atoms with Crippen LogP contribution in [0.4, 0.5) is 8.78 Å². The number of hydrogen-bond acceptors (Lipinski definition) is 2. The fourth-order valence-electron chi connectivity index (χ4n) is 2.06. The van der Waals surface area contributed by atoms with Gasteiger partial charge < -0.3 is 10.1 Å². The predicted molar refractivity (Wildman–Crippen MR) is 79.7 cm³/mol. The SMILES string of the molecule is CCOc1cccc(CNCC(F)(F)c2ccccc2)c1. The lowest BCUT2D eigenvalue weighted by Crippen LogP contribution is -2.30. The highest BCUT2D eigenvalue weighted by Crippen LogP contribution is 2.26. The highest BCUT2D eigenvalue weighted by atomic mass is 19.3. The molecule has 0 aromatic heterocycles. The summed E-state index contributed by atoms with van der Waals surface area (Å²) in [6.45, 7) is 2.48. The van der Waals surface area contributed by atoms with Crippen molar-refractivity contribution in [2.45, 2.75) is 19.4 Å². The van der Waals surface area contributed by atoms with Crippen LogP contribution >= 0.6 is 0 Å². The average Bonchev–Trinajstić information content (AvgIpc) is 2.49. The standard InChI is InChI=1S/C17H19F2NO/c1-2-21-16-10-6-7-14(11-16)12-20-13-17(18,19)15-8-4-3-5-9-15/h3-11,20H,2,12-13H2,1H3. The lowest BCUT2D eigenvalue weighted by atomic mass is 10.1. The van der Waals surface area contributed by atoms with Gasteiger partial charge in [0.1, 0.15) is 5.75 Å². The Morgan fingerprint density at radius 1 is 1.05 bits per heavy atom. The maximum atomic E-state index is 14.0. The second-order valence-electron chi connectivity index (χ2n) is 4.75. The third-order valence-corrected chi connectivity index (χ3v) is 3.08. The molecule has 0 unspecified atom stereocenters. The van der Waals surface area contributed by atoms with Gasteiger partial charge in [0.15, 0.2) is 0 Å². The monoisotopic (exact) mass is 291 g/mol. The predicted octanol–water partition coefficient (Wildman–Crippen LogP) is 3.97. The molecule has 0 bridgehead atoms. The van der Waals surface area contributed by atoms with E-state index in [0.29, 0.717) is 13.2 Å². The summed E-state index contributed by atoms with van der Waals surface area (Å²) in [6.07, 6.45) is 0. The Labute approximate surface area is 123 Å². The molecule has 4 heteroatoms. The lowest BCUT2D eigenvalue weighted by molar-refractivity contribution is -0.00343. The van der Waals surface area contributed by atoms with Gasteiger partial charge in [0, 0.05) is 12.1 Å². The Kier molecular flexibility index (Phi) is 5.28. The summed E-state index contributed by atoms with van der Waals surface area (Å²) >= 11 is 0. The molecule has 0 spiro atoms. The molecule has 112 valence electrons. The van der Waals surface area contributed by atoms with Gasteiger partial charge in [-0.2, -0.15) is 8.78 Å². The van der Waals surface area contributed by atoms with E-state index in [9.17, 15) is 8.78 Å². The Hall–Kier alpha value is -1.94. The van der Waals surface area contributed by atoms with Crippen LogP contribution in [0.2, 0.25) is 0 Å². The molecule has 0 radical (unpaired) electrons. The second kappa shape index (κ2) is 7.18. The van der Waals surface area contributed by atoms with E-state index in [1.807, 2.05) is 31.2 Å². The molecule has 2 aromatic rings. The van der Waals surface area contributed by atoms with E-state index in [1.54, 1.807) is 18.2 Å². The first kappa shape index (κ1) is 15.4. The van der Waals surface area contributed by atoms with Gasteiger partial charge in [0.25, 0.3) is 5.92 Å². The first-order valence-corrected chi connectivity index (χ1v) is 6.97. The van der Waals surface area contributed by atoms with Gasteiger partial charge in [0.2, 0.25) is 0 Å². The van der Waals surface area contributed by atoms with Gasteiger partial charge in [-0.25, -0.2) is 0 Å². The van der Waals surface area contributed by atoms with Gasteiger partial charge in [-0.3, -0.25) is 0 Å². The van der Waals surface area contributed by atoms with Gasteiger partial charge in [-0.05, 0) is 24.6 Å². The van der Waals surface area contributed by atoms with E-state index in [-0.39, 0.29) is 5.56 Å². The van der Waals surface area contributed by atoms with E-state index >= 15 is 0 Å². The molecule has 21 heavy (non-hydrogen) atoms. The topological polar surface area (TPSA) is 21.3 Å². The molecule has 2 nitrogen and oxygen atoms in total. The number of nitrogens with one attached hydrogen (secondary N) is 1. The summed E-state index contributed by atoms with van der Waals surface area (Å²) in [5, 5.41) is 2.80. The molecule has 1 N–H and O–H groups in total. The Bertz CT molecular complexity index is 558. The number of halogens is 2. The van der Waals surface area contributed by atoms with Crippen molar-refractivity contribution in [3.8, 4) is 5.75 Å². The Morgan fingerprint density at radius 3 is 2.52 bits per heavy atom. The van der Waals surface area contributed by atoms with E-state index in [1.165, 1.54) is 12.1 Å². The van der Waals surface area contributed by atoms with Crippen molar-refractivity contribution >= 4 is 0 Å². The summed E-state index contributed by atoms with van der Waals surface area (Å²) in [7, 11) is 0. The minimum Gasteiger partial charge on any atom is -0.494 e. The molecular weight excluding hydrogens is 272 g/mol. The number of ether oxygens (including phenoxy) is 1. The zero-order chi connectivity index (χ0) is 15.1. The Balaban J connectivity index is 1.90. The number of hydrogen-bond donors (Lipinski definition) is 1. The molecule has 0 heterocycles. The van der Waals surface area contributed by atoms with E-state index < -0.39 is 12.5 Å². The maximum absolute atomic E-state index is 14.0. The van der Waals surface area contributed by atoms with Crippen molar-refractivity contribution in [2.24, 2.45) is 0 Å². The van der Waals surface area contributed by atoms with Crippen molar-refractivity contribution in [1.82, 2.24) is 5.32 Å². The van der Waals surface area contributed by atoms with Crippen LogP contribution < -0.4 is 10.1 Å². The van der Waals surface area contributed by atoms with Crippen LogP contribution in [0.25, 0.3) is 0 Å². The highest BCUT2D eigenvalue weighted by molar-refractivity contribution is 5.28. The molecule has 0 fully saturated rings. The van der Waals surface area contributed by atoms with Crippen LogP contribution in [0.15, 0.2) is 54.6 Å². The molecule has 0 saturated heterocycles. The Morgan fingerprint density at radius 2 is 1.81 bits per heavy atom. The van der Waals surface area contributed by atoms with E-state index in [4.69, 9.17) is 4.74 Å². The molecule has 0 aliphatic carbocycles. The fourth-order valence-corrected chi connectivity index (χ4v) is 2.06. The molecule has 0 aliphatic heterocycles. The van der Waals surface area contributed by atoms with Gasteiger partial charge >= 0.3 is 0 Å². The van der Waals surface area contributed by atoms with Crippen LogP contribution in [-0.2, 0) is 12.5 Å². The molecule has 0 saturated carbocycles. The van der Waals surface area contributed by atoms with Crippen LogP contribution in [-0.4, -0.2) is 13.2 Å². The fraction of sp³-hybridized carbons (Fsp3) is 0.294. The molecular formula is C17H19F2NO. The van der Waals surface area contributed by atoms with Crippen LogP contribution in [0.5, 0.6) is 5.75 Å². The van der Waals surface area contributed by atoms with Crippen molar-refractivity contribution < 1.29 is 13.5 Å². The quantitative estimate of drug-likeness (QED) is 0.833. The van der Waals surface area contributed by atoms with E-state index in [0.717, 1.165) is 11.3 Å². The summed E-state index contributed by atoms with van der Waals surface area (Å²) in [4.78, 5) is 0. The van der Waals surface area contributed by atoms with Crippen LogP contribution in [0, 0.1) is 0 Å². The van der Waals surface area contributed by atoms with Crippen LogP contribution in [0.3, 0.4) is 0 Å². The van der Waals surface area contributed by atoms with Gasteiger partial charge in [-0.15, -0.1) is 0 Å². The minimum atomic E-state index is -2.88. The summed E-state index contributed by atoms with van der Waals surface area (Å²) in [5.41, 5.74) is 0.949. The number of benzene rings is 2. The number of alkyl halides is 2. The maximum Gasteiger partial charge on any atom is 0.285 e. The average molecular weight is 291 g/mol. The zero-order valence-electron chi connectivity index (χ0n) is 12.0. The van der Waals surface area contributed by atoms with Gasteiger partial charge in [0.05, 0.1) is 13.2 Å². The zero-order valence-corrected chi connectivity index (χ0v) is 12.0. The third kappa shape index (κ3) is 4.53. The highest BCUT2D eigenvalue weighted by Gasteiger charge is 2.30. The molecule has 2 aromatic carbocycles. The summed E-state index contributed by atoms with van der Waals surface area (Å²) in [5.74, 6) is -2.12. The summed E-state index contributed by atoms with van der Waals surface area (Å²) in [6, 6.07) is 15.3. The molecule has 0 aliphatic rings. The van der Waals surface area contributed by atoms with E-state index in [2.05, 4.69) is 5.32 Å².